The molecule has 0 radical (unpaired) electrons. The van der Waals surface area contributed by atoms with Crippen LogP contribution in [0.3, 0.4) is 0 Å². The van der Waals surface area contributed by atoms with Crippen LogP contribution in [-0.4, -0.2) is 41.8 Å². The maximum atomic E-state index is 10.9. The van der Waals surface area contributed by atoms with E-state index in [1.807, 2.05) is 25.1 Å². The highest BCUT2D eigenvalue weighted by Crippen LogP contribution is 2.18. The molecule has 0 bridgehead atoms. The average molecular weight is 220 g/mol. The molecule has 1 amide bonds. The monoisotopic (exact) mass is 220 g/mol. The topological polar surface area (TPSA) is 43.8 Å². The number of hydrogen-bond donors (Lipinski definition) is 1. The van der Waals surface area contributed by atoms with Gasteiger partial charge in [0.1, 0.15) is 0 Å². The number of carbonyl (C=O) groups is 1. The van der Waals surface area contributed by atoms with Gasteiger partial charge in [-0.3, -0.25) is 0 Å². The minimum Gasteiger partial charge on any atom is -0.465 e. The average Bonchev–Trinajstić information content (AvgIpc) is 2.29. The molecule has 0 saturated carbocycles. The summed E-state index contributed by atoms with van der Waals surface area (Å²) < 4.78 is 0. The van der Waals surface area contributed by atoms with Crippen LogP contribution in [0.2, 0.25) is 0 Å². The van der Waals surface area contributed by atoms with Crippen LogP contribution in [0.1, 0.15) is 6.92 Å². The van der Waals surface area contributed by atoms with Gasteiger partial charge in [-0.25, -0.2) is 4.79 Å². The summed E-state index contributed by atoms with van der Waals surface area (Å²) in [6.45, 7) is 4.05. The van der Waals surface area contributed by atoms with Crippen molar-refractivity contribution >= 4 is 11.8 Å². The van der Waals surface area contributed by atoms with Crippen molar-refractivity contribution in [2.75, 3.05) is 24.5 Å². The number of anilines is 1. The normalized spacial score (nSPS) is 20.9. The number of amides is 1. The van der Waals surface area contributed by atoms with Gasteiger partial charge in [-0.05, 0) is 19.1 Å². The number of nitrogens with zero attached hydrogens (tertiary/aromatic N) is 2. The molecular formula is C12H16N2O2. The van der Waals surface area contributed by atoms with Crippen LogP contribution in [0.5, 0.6) is 0 Å². The molecule has 0 spiro atoms. The fraction of sp³-hybridized carbons (Fsp3) is 0.417. The first-order valence-electron chi connectivity index (χ1n) is 5.48. The molecule has 4 nitrogen and oxygen atoms in total. The van der Waals surface area contributed by atoms with Gasteiger partial charge >= 0.3 is 6.09 Å². The SMILES string of the molecule is C[C@H]1CN(c2ccccc2)CCN1C(=O)O. The van der Waals surface area contributed by atoms with Crippen LogP contribution in [0, 0.1) is 0 Å². The van der Waals surface area contributed by atoms with Crippen molar-refractivity contribution in [2.24, 2.45) is 0 Å². The zero-order valence-electron chi connectivity index (χ0n) is 9.34. The number of benzene rings is 1. The molecule has 1 fully saturated rings. The van der Waals surface area contributed by atoms with Crippen molar-refractivity contribution in [1.29, 1.82) is 0 Å². The zero-order valence-corrected chi connectivity index (χ0v) is 9.34. The van der Waals surface area contributed by atoms with Gasteiger partial charge in [-0.15, -0.1) is 0 Å². The Kier molecular flexibility index (Phi) is 2.99. The van der Waals surface area contributed by atoms with Crippen LogP contribution >= 0.6 is 0 Å². The quantitative estimate of drug-likeness (QED) is 0.785. The Morgan fingerprint density at radius 3 is 2.56 bits per heavy atom. The lowest BCUT2D eigenvalue weighted by molar-refractivity contribution is 0.122. The van der Waals surface area contributed by atoms with Crippen LogP contribution in [0.25, 0.3) is 0 Å². The molecule has 4 heteroatoms. The van der Waals surface area contributed by atoms with Gasteiger partial charge in [-0.2, -0.15) is 0 Å². The van der Waals surface area contributed by atoms with Crippen molar-refractivity contribution in [3.63, 3.8) is 0 Å². The second kappa shape index (κ2) is 4.43. The molecule has 2 rings (SSSR count). The molecule has 0 aromatic heterocycles. The summed E-state index contributed by atoms with van der Waals surface area (Å²) in [7, 11) is 0. The molecule has 1 atom stereocenters. The summed E-state index contributed by atoms with van der Waals surface area (Å²) >= 11 is 0. The molecule has 1 aromatic rings. The number of hydrogen-bond acceptors (Lipinski definition) is 2. The van der Waals surface area contributed by atoms with Gasteiger partial charge in [0.2, 0.25) is 0 Å². The Bertz CT molecular complexity index is 367. The molecule has 86 valence electrons. The summed E-state index contributed by atoms with van der Waals surface area (Å²) in [5.41, 5.74) is 1.17. The lowest BCUT2D eigenvalue weighted by Gasteiger charge is -2.39. The van der Waals surface area contributed by atoms with Crippen molar-refractivity contribution in [2.45, 2.75) is 13.0 Å². The van der Waals surface area contributed by atoms with E-state index in [4.69, 9.17) is 5.11 Å². The molecular weight excluding hydrogens is 204 g/mol. The van der Waals surface area contributed by atoms with Crippen molar-refractivity contribution < 1.29 is 9.90 Å². The Hall–Kier alpha value is -1.71. The van der Waals surface area contributed by atoms with Crippen LogP contribution in [0.4, 0.5) is 10.5 Å². The van der Waals surface area contributed by atoms with Gasteiger partial charge in [-0.1, -0.05) is 18.2 Å². The first-order valence-corrected chi connectivity index (χ1v) is 5.48. The van der Waals surface area contributed by atoms with E-state index in [-0.39, 0.29) is 6.04 Å². The maximum Gasteiger partial charge on any atom is 0.407 e. The second-order valence-electron chi connectivity index (χ2n) is 4.11. The lowest BCUT2D eigenvalue weighted by atomic mass is 10.2. The van der Waals surface area contributed by atoms with Gasteiger partial charge in [0.15, 0.2) is 0 Å². The Labute approximate surface area is 95.1 Å². The Balaban J connectivity index is 2.05. The second-order valence-corrected chi connectivity index (χ2v) is 4.11. The zero-order chi connectivity index (χ0) is 11.5. The maximum absolute atomic E-state index is 10.9. The summed E-state index contributed by atoms with van der Waals surface area (Å²) in [5.74, 6) is 0. The minimum absolute atomic E-state index is 0.0476. The molecule has 16 heavy (non-hydrogen) atoms. The fourth-order valence-corrected chi connectivity index (χ4v) is 2.12. The van der Waals surface area contributed by atoms with Crippen molar-refractivity contribution in [3.8, 4) is 0 Å². The lowest BCUT2D eigenvalue weighted by Crippen LogP contribution is -2.53. The van der Waals surface area contributed by atoms with E-state index in [9.17, 15) is 4.79 Å². The molecule has 1 aliphatic heterocycles. The van der Waals surface area contributed by atoms with E-state index in [0.29, 0.717) is 6.54 Å². The molecule has 1 N–H and O–H groups in total. The minimum atomic E-state index is -0.819. The van der Waals surface area contributed by atoms with Gasteiger partial charge in [0.25, 0.3) is 0 Å². The standard InChI is InChI=1S/C12H16N2O2/c1-10-9-13(7-8-14(10)12(15)16)11-5-3-2-4-6-11/h2-6,10H,7-9H2,1H3,(H,15,16)/t10-/m0/s1. The van der Waals surface area contributed by atoms with Gasteiger partial charge < -0.3 is 14.9 Å². The first kappa shape index (κ1) is 10.8. The number of rotatable bonds is 1. The van der Waals surface area contributed by atoms with Gasteiger partial charge in [0.05, 0.1) is 0 Å². The number of para-hydroxylation sites is 1. The summed E-state index contributed by atoms with van der Waals surface area (Å²) in [5, 5.41) is 8.97. The molecule has 1 aliphatic rings. The summed E-state index contributed by atoms with van der Waals surface area (Å²) in [6.07, 6.45) is -0.819. The smallest absolute Gasteiger partial charge is 0.407 e. The summed E-state index contributed by atoms with van der Waals surface area (Å²) in [6, 6.07) is 10.2. The van der Waals surface area contributed by atoms with E-state index in [1.165, 1.54) is 10.6 Å². The number of piperazine rings is 1. The van der Waals surface area contributed by atoms with Crippen LogP contribution in [-0.2, 0) is 0 Å². The van der Waals surface area contributed by atoms with E-state index in [1.54, 1.807) is 0 Å². The highest BCUT2D eigenvalue weighted by Gasteiger charge is 2.26. The largest absolute Gasteiger partial charge is 0.465 e. The third-order valence-electron chi connectivity index (χ3n) is 2.99. The van der Waals surface area contributed by atoms with Gasteiger partial charge in [0, 0.05) is 31.4 Å². The third-order valence-corrected chi connectivity index (χ3v) is 2.99. The third kappa shape index (κ3) is 2.10. The first-order chi connectivity index (χ1) is 7.68. The molecule has 0 unspecified atom stereocenters. The highest BCUT2D eigenvalue weighted by molar-refractivity contribution is 5.66. The van der Waals surface area contributed by atoms with E-state index in [2.05, 4.69) is 17.0 Å². The van der Waals surface area contributed by atoms with E-state index < -0.39 is 6.09 Å². The van der Waals surface area contributed by atoms with E-state index >= 15 is 0 Å². The van der Waals surface area contributed by atoms with Crippen LogP contribution < -0.4 is 4.90 Å². The van der Waals surface area contributed by atoms with Crippen molar-refractivity contribution in [1.82, 2.24) is 4.90 Å². The molecule has 1 heterocycles. The fourth-order valence-electron chi connectivity index (χ4n) is 2.12. The highest BCUT2D eigenvalue weighted by atomic mass is 16.4. The van der Waals surface area contributed by atoms with Crippen LogP contribution in [0.15, 0.2) is 30.3 Å². The molecule has 0 aliphatic carbocycles. The molecule has 1 saturated heterocycles. The van der Waals surface area contributed by atoms with Crippen molar-refractivity contribution in [3.05, 3.63) is 30.3 Å². The predicted molar refractivity (Wildman–Crippen MR) is 62.8 cm³/mol. The summed E-state index contributed by atoms with van der Waals surface area (Å²) in [4.78, 5) is 14.6. The Morgan fingerprint density at radius 1 is 1.31 bits per heavy atom. The number of carboxylic acid groups (broad SMARTS) is 1. The molecule has 1 aromatic carbocycles. The van der Waals surface area contributed by atoms with E-state index in [0.717, 1.165) is 13.1 Å². The Morgan fingerprint density at radius 2 is 2.00 bits per heavy atom. The predicted octanol–water partition coefficient (Wildman–Crippen LogP) is 1.88.